The number of hydrogen-bond donors (Lipinski definition) is 0. The van der Waals surface area contributed by atoms with Crippen molar-refractivity contribution in [2.24, 2.45) is 0 Å². The molecule has 0 radical (unpaired) electrons. The van der Waals surface area contributed by atoms with Crippen molar-refractivity contribution >= 4 is 33.3 Å². The highest BCUT2D eigenvalue weighted by atomic mass is 79.9. The van der Waals surface area contributed by atoms with Gasteiger partial charge in [0.1, 0.15) is 0 Å². The normalized spacial score (nSPS) is 10.7. The molecule has 22 heavy (non-hydrogen) atoms. The number of carbonyl (C=O) groups excluding carboxylic acids is 1. The summed E-state index contributed by atoms with van der Waals surface area (Å²) >= 11 is 9.59. The van der Waals surface area contributed by atoms with E-state index in [1.54, 1.807) is 42.9 Å². The first-order chi connectivity index (χ1) is 10.6. The fourth-order valence-electron chi connectivity index (χ4n) is 2.30. The summed E-state index contributed by atoms with van der Waals surface area (Å²) in [7, 11) is 0. The Morgan fingerprint density at radius 2 is 1.95 bits per heavy atom. The van der Waals surface area contributed by atoms with E-state index in [0.29, 0.717) is 16.1 Å². The molecule has 0 aliphatic rings. The van der Waals surface area contributed by atoms with Crippen molar-refractivity contribution in [2.45, 2.75) is 6.92 Å². The number of aromatic nitrogens is 2. The monoisotopic (exact) mass is 374 g/mol. The molecule has 0 bridgehead atoms. The highest BCUT2D eigenvalue weighted by Gasteiger charge is 2.18. The molecule has 0 saturated carbocycles. The molecule has 1 aromatic heterocycles. The Balaban J connectivity index is 2.19. The molecule has 110 valence electrons. The molecule has 0 aliphatic heterocycles. The second-order valence-electron chi connectivity index (χ2n) is 4.88. The summed E-state index contributed by atoms with van der Waals surface area (Å²) < 4.78 is 2.72. The Labute approximate surface area is 141 Å². The Morgan fingerprint density at radius 3 is 2.64 bits per heavy atom. The molecule has 3 rings (SSSR count). The van der Waals surface area contributed by atoms with Gasteiger partial charge in [-0.1, -0.05) is 39.7 Å². The van der Waals surface area contributed by atoms with Gasteiger partial charge in [-0.25, -0.2) is 4.98 Å². The van der Waals surface area contributed by atoms with Gasteiger partial charge in [-0.3, -0.25) is 4.79 Å². The van der Waals surface area contributed by atoms with Crippen molar-refractivity contribution < 1.29 is 4.79 Å². The third-order valence-electron chi connectivity index (χ3n) is 3.40. The Morgan fingerprint density at radius 1 is 1.18 bits per heavy atom. The van der Waals surface area contributed by atoms with E-state index in [0.717, 1.165) is 15.9 Å². The molecule has 3 nitrogen and oxygen atoms in total. The molecule has 0 fully saturated rings. The van der Waals surface area contributed by atoms with Crippen LogP contribution in [0.1, 0.15) is 21.6 Å². The predicted molar refractivity (Wildman–Crippen MR) is 90.9 cm³/mol. The smallest absolute Gasteiger partial charge is 0.196 e. The highest BCUT2D eigenvalue weighted by molar-refractivity contribution is 9.10. The van der Waals surface area contributed by atoms with E-state index in [2.05, 4.69) is 20.9 Å². The Hall–Kier alpha value is -1.91. The van der Waals surface area contributed by atoms with Gasteiger partial charge in [-0.2, -0.15) is 0 Å². The van der Waals surface area contributed by atoms with Crippen LogP contribution in [0.2, 0.25) is 5.02 Å². The molecule has 0 atom stereocenters. The van der Waals surface area contributed by atoms with Gasteiger partial charge in [0.25, 0.3) is 0 Å². The quantitative estimate of drug-likeness (QED) is 0.615. The Bertz CT molecular complexity index is 857. The fraction of sp³-hybridized carbons (Fsp3) is 0.0588. The van der Waals surface area contributed by atoms with E-state index in [4.69, 9.17) is 11.6 Å². The van der Waals surface area contributed by atoms with Gasteiger partial charge in [0.05, 0.1) is 17.0 Å². The maximum Gasteiger partial charge on any atom is 0.196 e. The zero-order valence-electron chi connectivity index (χ0n) is 11.8. The van der Waals surface area contributed by atoms with Gasteiger partial charge in [0.15, 0.2) is 5.78 Å². The van der Waals surface area contributed by atoms with Crippen LogP contribution in [0.3, 0.4) is 0 Å². The minimum atomic E-state index is -0.116. The van der Waals surface area contributed by atoms with E-state index in [9.17, 15) is 4.79 Å². The van der Waals surface area contributed by atoms with Gasteiger partial charge >= 0.3 is 0 Å². The van der Waals surface area contributed by atoms with Crippen LogP contribution in [-0.2, 0) is 0 Å². The van der Waals surface area contributed by atoms with Crippen molar-refractivity contribution in [2.75, 3.05) is 0 Å². The number of hydrogen-bond acceptors (Lipinski definition) is 2. The lowest BCUT2D eigenvalue weighted by Crippen LogP contribution is -2.08. The van der Waals surface area contributed by atoms with Crippen molar-refractivity contribution in [3.8, 4) is 5.69 Å². The van der Waals surface area contributed by atoms with E-state index in [1.807, 2.05) is 23.6 Å². The van der Waals surface area contributed by atoms with E-state index in [1.165, 1.54) is 0 Å². The van der Waals surface area contributed by atoms with E-state index in [-0.39, 0.29) is 5.78 Å². The number of rotatable bonds is 3. The van der Waals surface area contributed by atoms with Crippen LogP contribution in [0, 0.1) is 6.92 Å². The highest BCUT2D eigenvalue weighted by Crippen LogP contribution is 2.26. The van der Waals surface area contributed by atoms with Crippen LogP contribution < -0.4 is 0 Å². The summed E-state index contributed by atoms with van der Waals surface area (Å²) in [6.45, 7) is 1.94. The third kappa shape index (κ3) is 2.72. The zero-order chi connectivity index (χ0) is 15.7. The lowest BCUT2D eigenvalue weighted by molar-refractivity contribution is 0.103. The summed E-state index contributed by atoms with van der Waals surface area (Å²) in [5, 5.41) is 0.445. The van der Waals surface area contributed by atoms with Gasteiger partial charge in [-0.05, 0) is 37.3 Å². The number of halogens is 2. The lowest BCUT2D eigenvalue weighted by atomic mass is 10.0. The molecule has 0 unspecified atom stereocenters. The van der Waals surface area contributed by atoms with Gasteiger partial charge in [0.2, 0.25) is 0 Å². The van der Waals surface area contributed by atoms with Crippen LogP contribution in [-0.4, -0.2) is 15.3 Å². The zero-order valence-corrected chi connectivity index (χ0v) is 14.1. The summed E-state index contributed by atoms with van der Waals surface area (Å²) in [5.74, 6) is -0.116. The summed E-state index contributed by atoms with van der Waals surface area (Å²) in [6.07, 6.45) is 3.45. The van der Waals surface area contributed by atoms with Crippen molar-refractivity contribution in [3.63, 3.8) is 0 Å². The standard InChI is InChI=1S/C17H12BrClN2O/c1-11-9-20-10-21(11)16-7-6-12(18)8-14(16)17(22)13-4-2-3-5-15(13)19/h2-10H,1H3. The third-order valence-corrected chi connectivity index (χ3v) is 4.23. The van der Waals surface area contributed by atoms with Crippen molar-refractivity contribution in [1.29, 1.82) is 0 Å². The first kappa shape index (κ1) is 15.0. The van der Waals surface area contributed by atoms with Crippen LogP contribution in [0.4, 0.5) is 0 Å². The molecule has 0 saturated heterocycles. The maximum absolute atomic E-state index is 12.9. The first-order valence-electron chi connectivity index (χ1n) is 6.66. The summed E-state index contributed by atoms with van der Waals surface area (Å²) in [4.78, 5) is 17.0. The fourth-order valence-corrected chi connectivity index (χ4v) is 2.89. The van der Waals surface area contributed by atoms with Gasteiger partial charge in [0, 0.05) is 27.5 Å². The lowest BCUT2D eigenvalue weighted by Gasteiger charge is -2.12. The van der Waals surface area contributed by atoms with Crippen LogP contribution in [0.25, 0.3) is 5.69 Å². The second-order valence-corrected chi connectivity index (χ2v) is 6.20. The Kier molecular flexibility index (Phi) is 4.14. The largest absolute Gasteiger partial charge is 0.303 e. The van der Waals surface area contributed by atoms with Crippen LogP contribution in [0.15, 0.2) is 59.5 Å². The number of aryl methyl sites for hydroxylation is 1. The minimum Gasteiger partial charge on any atom is -0.303 e. The van der Waals surface area contributed by atoms with Crippen LogP contribution >= 0.6 is 27.5 Å². The van der Waals surface area contributed by atoms with Crippen LogP contribution in [0.5, 0.6) is 0 Å². The molecule has 2 aromatic carbocycles. The predicted octanol–water partition coefficient (Wildman–Crippen LogP) is 4.83. The molecular weight excluding hydrogens is 364 g/mol. The van der Waals surface area contributed by atoms with E-state index >= 15 is 0 Å². The number of imidazole rings is 1. The average molecular weight is 376 g/mol. The molecule has 0 N–H and O–H groups in total. The van der Waals surface area contributed by atoms with Crippen molar-refractivity contribution in [3.05, 3.63) is 81.3 Å². The summed E-state index contributed by atoms with van der Waals surface area (Å²) in [5.41, 5.74) is 2.79. The summed E-state index contributed by atoms with van der Waals surface area (Å²) in [6, 6.07) is 12.7. The number of benzene rings is 2. The number of nitrogens with zero attached hydrogens (tertiary/aromatic N) is 2. The van der Waals surface area contributed by atoms with E-state index < -0.39 is 0 Å². The maximum atomic E-state index is 12.9. The molecule has 3 aromatic rings. The van der Waals surface area contributed by atoms with Gasteiger partial charge in [-0.15, -0.1) is 0 Å². The minimum absolute atomic E-state index is 0.116. The SMILES string of the molecule is Cc1cncn1-c1ccc(Br)cc1C(=O)c1ccccc1Cl. The number of carbonyl (C=O) groups is 1. The first-order valence-corrected chi connectivity index (χ1v) is 7.83. The molecule has 0 amide bonds. The molecular formula is C17H12BrClN2O. The second kappa shape index (κ2) is 6.07. The number of ketones is 1. The molecule has 5 heteroatoms. The van der Waals surface area contributed by atoms with Crippen molar-refractivity contribution in [1.82, 2.24) is 9.55 Å². The molecule has 0 aliphatic carbocycles. The van der Waals surface area contributed by atoms with Gasteiger partial charge < -0.3 is 4.57 Å². The molecule has 0 spiro atoms. The topological polar surface area (TPSA) is 34.9 Å². The molecule has 1 heterocycles. The average Bonchev–Trinajstić information content (AvgIpc) is 2.93.